The van der Waals surface area contributed by atoms with Crippen molar-refractivity contribution >= 4 is 15.9 Å². The molecule has 0 fully saturated rings. The van der Waals surface area contributed by atoms with Crippen molar-refractivity contribution in [1.29, 1.82) is 0 Å². The van der Waals surface area contributed by atoms with Crippen LogP contribution < -0.4 is 0 Å². The average Bonchev–Trinajstić information content (AvgIpc) is 2.28. The first-order valence-electron chi connectivity index (χ1n) is 6.69. The summed E-state index contributed by atoms with van der Waals surface area (Å²) in [6.07, 6.45) is 5.18. The summed E-state index contributed by atoms with van der Waals surface area (Å²) < 4.78 is 0. The van der Waals surface area contributed by atoms with Gasteiger partial charge in [0.05, 0.1) is 0 Å². The molecule has 0 aliphatic heterocycles. The van der Waals surface area contributed by atoms with Gasteiger partial charge in [0.2, 0.25) is 0 Å². The molecule has 1 aromatic carbocycles. The SMILES string of the molecule is CCCCCC(Br)c1ccc(C(C)(C)C)cc1. The Bertz CT molecular complexity index is 318. The Balaban J connectivity index is 2.61. The summed E-state index contributed by atoms with van der Waals surface area (Å²) in [4.78, 5) is 0.517. The van der Waals surface area contributed by atoms with E-state index in [2.05, 4.69) is 67.9 Å². The van der Waals surface area contributed by atoms with E-state index < -0.39 is 0 Å². The minimum Gasteiger partial charge on any atom is -0.0839 e. The lowest BCUT2D eigenvalue weighted by molar-refractivity contribution is 0.589. The van der Waals surface area contributed by atoms with Crippen molar-refractivity contribution in [3.8, 4) is 0 Å². The van der Waals surface area contributed by atoms with Crippen LogP contribution in [0.25, 0.3) is 0 Å². The van der Waals surface area contributed by atoms with E-state index in [9.17, 15) is 0 Å². The van der Waals surface area contributed by atoms with Gasteiger partial charge in [0, 0.05) is 4.83 Å². The third-order valence-electron chi connectivity index (χ3n) is 3.20. The molecule has 0 radical (unpaired) electrons. The van der Waals surface area contributed by atoms with E-state index in [4.69, 9.17) is 0 Å². The summed E-state index contributed by atoms with van der Waals surface area (Å²) in [5.74, 6) is 0. The van der Waals surface area contributed by atoms with Gasteiger partial charge in [0.25, 0.3) is 0 Å². The maximum atomic E-state index is 3.79. The van der Waals surface area contributed by atoms with Crippen molar-refractivity contribution in [1.82, 2.24) is 0 Å². The Morgan fingerprint density at radius 1 is 1.06 bits per heavy atom. The van der Waals surface area contributed by atoms with Crippen LogP contribution in [-0.2, 0) is 5.41 Å². The number of halogens is 1. The zero-order chi connectivity index (χ0) is 12.9. The highest BCUT2D eigenvalue weighted by atomic mass is 79.9. The molecule has 1 heteroatoms. The van der Waals surface area contributed by atoms with Crippen LogP contribution in [0.5, 0.6) is 0 Å². The molecule has 17 heavy (non-hydrogen) atoms. The molecule has 0 saturated heterocycles. The normalized spacial score (nSPS) is 13.7. The lowest BCUT2D eigenvalue weighted by Crippen LogP contribution is -2.10. The molecule has 0 heterocycles. The Morgan fingerprint density at radius 2 is 1.65 bits per heavy atom. The standard InChI is InChI=1S/C16H25Br/c1-5-6-7-8-15(17)13-9-11-14(12-10-13)16(2,3)4/h9-12,15H,5-8H2,1-4H3. The number of rotatable bonds is 5. The lowest BCUT2D eigenvalue weighted by atomic mass is 9.86. The second-order valence-electron chi connectivity index (χ2n) is 5.84. The third kappa shape index (κ3) is 4.83. The highest BCUT2D eigenvalue weighted by Crippen LogP contribution is 2.30. The Kier molecular flexibility index (Phi) is 5.72. The fourth-order valence-corrected chi connectivity index (χ4v) is 2.56. The monoisotopic (exact) mass is 296 g/mol. The van der Waals surface area contributed by atoms with Crippen molar-refractivity contribution in [2.24, 2.45) is 0 Å². The summed E-state index contributed by atoms with van der Waals surface area (Å²) in [5.41, 5.74) is 3.08. The highest BCUT2D eigenvalue weighted by molar-refractivity contribution is 9.09. The molecular formula is C16H25Br. The van der Waals surface area contributed by atoms with Gasteiger partial charge in [-0.05, 0) is 23.0 Å². The van der Waals surface area contributed by atoms with Gasteiger partial charge < -0.3 is 0 Å². The molecule has 1 atom stereocenters. The largest absolute Gasteiger partial charge is 0.0839 e. The van der Waals surface area contributed by atoms with Gasteiger partial charge in [-0.15, -0.1) is 0 Å². The van der Waals surface area contributed by atoms with Gasteiger partial charge in [-0.25, -0.2) is 0 Å². The van der Waals surface area contributed by atoms with Gasteiger partial charge in [-0.3, -0.25) is 0 Å². The van der Waals surface area contributed by atoms with Crippen LogP contribution >= 0.6 is 15.9 Å². The fraction of sp³-hybridized carbons (Fsp3) is 0.625. The van der Waals surface area contributed by atoms with Crippen LogP contribution in [0.2, 0.25) is 0 Å². The van der Waals surface area contributed by atoms with Crippen LogP contribution in [0.1, 0.15) is 69.3 Å². The van der Waals surface area contributed by atoms with Crippen LogP contribution in [0.3, 0.4) is 0 Å². The minimum absolute atomic E-state index is 0.253. The molecule has 0 amide bonds. The number of benzene rings is 1. The van der Waals surface area contributed by atoms with Crippen LogP contribution in [0.15, 0.2) is 24.3 Å². The fourth-order valence-electron chi connectivity index (χ4n) is 1.93. The van der Waals surface area contributed by atoms with Crippen LogP contribution in [0, 0.1) is 0 Å². The van der Waals surface area contributed by atoms with E-state index >= 15 is 0 Å². The number of hydrogen-bond acceptors (Lipinski definition) is 0. The molecule has 0 aliphatic rings. The molecule has 0 saturated carbocycles. The summed E-state index contributed by atoms with van der Waals surface area (Å²) in [6.45, 7) is 9.03. The topological polar surface area (TPSA) is 0 Å². The van der Waals surface area contributed by atoms with Gasteiger partial charge in [-0.2, -0.15) is 0 Å². The van der Waals surface area contributed by atoms with Crippen molar-refractivity contribution in [2.75, 3.05) is 0 Å². The molecular weight excluding hydrogens is 272 g/mol. The molecule has 0 N–H and O–H groups in total. The van der Waals surface area contributed by atoms with Crippen molar-refractivity contribution in [3.63, 3.8) is 0 Å². The quantitative estimate of drug-likeness (QED) is 0.462. The first-order valence-corrected chi connectivity index (χ1v) is 7.61. The van der Waals surface area contributed by atoms with Crippen LogP contribution in [0.4, 0.5) is 0 Å². The maximum absolute atomic E-state index is 3.79. The molecule has 1 rings (SSSR count). The second-order valence-corrected chi connectivity index (χ2v) is 6.94. The van der Waals surface area contributed by atoms with Gasteiger partial charge in [0.1, 0.15) is 0 Å². The van der Waals surface area contributed by atoms with Crippen molar-refractivity contribution < 1.29 is 0 Å². The van der Waals surface area contributed by atoms with E-state index in [1.165, 1.54) is 36.8 Å². The summed E-state index contributed by atoms with van der Waals surface area (Å²) in [7, 11) is 0. The Hall–Kier alpha value is -0.300. The van der Waals surface area contributed by atoms with E-state index in [1.54, 1.807) is 0 Å². The van der Waals surface area contributed by atoms with E-state index in [0.717, 1.165) is 0 Å². The van der Waals surface area contributed by atoms with Gasteiger partial charge in [0.15, 0.2) is 0 Å². The van der Waals surface area contributed by atoms with E-state index in [0.29, 0.717) is 4.83 Å². The molecule has 0 nitrogen and oxygen atoms in total. The van der Waals surface area contributed by atoms with Gasteiger partial charge in [-0.1, -0.05) is 87.2 Å². The van der Waals surface area contributed by atoms with Crippen molar-refractivity contribution in [3.05, 3.63) is 35.4 Å². The first kappa shape index (κ1) is 14.8. The number of unbranched alkanes of at least 4 members (excludes halogenated alkanes) is 2. The zero-order valence-corrected chi connectivity index (χ0v) is 13.2. The molecule has 0 aliphatic carbocycles. The number of alkyl halides is 1. The van der Waals surface area contributed by atoms with E-state index in [-0.39, 0.29) is 5.41 Å². The molecule has 96 valence electrons. The Morgan fingerprint density at radius 3 is 2.12 bits per heavy atom. The van der Waals surface area contributed by atoms with Crippen molar-refractivity contribution in [2.45, 2.75) is 63.6 Å². The predicted molar refractivity (Wildman–Crippen MR) is 81.0 cm³/mol. The Labute approximate surface area is 115 Å². The molecule has 1 unspecified atom stereocenters. The predicted octanol–water partition coefficient (Wildman–Crippen LogP) is 6.00. The third-order valence-corrected chi connectivity index (χ3v) is 4.19. The average molecular weight is 297 g/mol. The second kappa shape index (κ2) is 6.58. The van der Waals surface area contributed by atoms with Crippen LogP contribution in [-0.4, -0.2) is 0 Å². The summed E-state index contributed by atoms with van der Waals surface area (Å²) >= 11 is 3.79. The van der Waals surface area contributed by atoms with Gasteiger partial charge >= 0.3 is 0 Å². The molecule has 0 spiro atoms. The summed E-state index contributed by atoms with van der Waals surface area (Å²) in [6, 6.07) is 9.07. The zero-order valence-electron chi connectivity index (χ0n) is 11.6. The number of hydrogen-bond donors (Lipinski definition) is 0. The molecule has 0 aromatic heterocycles. The maximum Gasteiger partial charge on any atom is 0.0395 e. The first-order chi connectivity index (χ1) is 7.95. The molecule has 0 bridgehead atoms. The smallest absolute Gasteiger partial charge is 0.0395 e. The molecule has 1 aromatic rings. The highest BCUT2D eigenvalue weighted by Gasteiger charge is 2.14. The minimum atomic E-state index is 0.253. The lowest BCUT2D eigenvalue weighted by Gasteiger charge is -2.20. The van der Waals surface area contributed by atoms with E-state index in [1.807, 2.05) is 0 Å². The summed E-state index contributed by atoms with van der Waals surface area (Å²) in [5, 5.41) is 0.